The highest BCUT2D eigenvalue weighted by atomic mass is 35.5. The Labute approximate surface area is 115 Å². The van der Waals surface area contributed by atoms with E-state index in [0.29, 0.717) is 18.0 Å². The summed E-state index contributed by atoms with van der Waals surface area (Å²) >= 11 is 0. The first-order valence-electron chi connectivity index (χ1n) is 5.74. The Hall–Kier alpha value is -0.620. The number of rotatable bonds is 2. The Bertz CT molecular complexity index is 531. The van der Waals surface area contributed by atoms with Crippen LogP contribution in [0.25, 0.3) is 0 Å². The van der Waals surface area contributed by atoms with Gasteiger partial charge in [0.1, 0.15) is 0 Å². The predicted octanol–water partition coefficient (Wildman–Crippen LogP) is 1.45. The zero-order valence-corrected chi connectivity index (χ0v) is 12.2. The van der Waals surface area contributed by atoms with E-state index in [0.717, 1.165) is 17.5 Å². The molecule has 0 amide bonds. The third-order valence-electron chi connectivity index (χ3n) is 3.30. The summed E-state index contributed by atoms with van der Waals surface area (Å²) in [6, 6.07) is 5.21. The number of sulfonamides is 1. The second kappa shape index (κ2) is 5.57. The van der Waals surface area contributed by atoms with Crippen molar-refractivity contribution in [3.05, 3.63) is 29.3 Å². The lowest BCUT2D eigenvalue weighted by Gasteiger charge is -2.16. The third kappa shape index (κ3) is 2.85. The van der Waals surface area contributed by atoms with E-state index in [9.17, 15) is 8.42 Å². The fourth-order valence-corrected chi connectivity index (χ4v) is 3.59. The minimum absolute atomic E-state index is 0. The van der Waals surface area contributed by atoms with Crippen molar-refractivity contribution in [3.8, 4) is 0 Å². The Morgan fingerprint density at radius 3 is 2.44 bits per heavy atom. The first-order chi connectivity index (χ1) is 7.91. The van der Waals surface area contributed by atoms with Crippen LogP contribution in [-0.4, -0.2) is 31.9 Å². The number of halogens is 1. The van der Waals surface area contributed by atoms with Crippen molar-refractivity contribution in [2.75, 3.05) is 13.1 Å². The van der Waals surface area contributed by atoms with E-state index in [1.807, 2.05) is 19.9 Å². The van der Waals surface area contributed by atoms with Gasteiger partial charge in [-0.15, -0.1) is 12.4 Å². The highest BCUT2D eigenvalue weighted by Crippen LogP contribution is 2.22. The van der Waals surface area contributed by atoms with Gasteiger partial charge in [-0.25, -0.2) is 8.42 Å². The Morgan fingerprint density at radius 1 is 1.28 bits per heavy atom. The lowest BCUT2D eigenvalue weighted by molar-refractivity contribution is 0.472. The number of hydrogen-bond acceptors (Lipinski definition) is 3. The molecule has 2 N–H and O–H groups in total. The molecule has 0 saturated carbocycles. The first kappa shape index (κ1) is 15.4. The quantitative estimate of drug-likeness (QED) is 0.896. The molecular formula is C12H19ClN2O2S. The largest absolute Gasteiger partial charge is 0.326 e. The fraction of sp³-hybridized carbons (Fsp3) is 0.500. The molecule has 0 bridgehead atoms. The van der Waals surface area contributed by atoms with Crippen molar-refractivity contribution < 1.29 is 8.42 Å². The van der Waals surface area contributed by atoms with Crippen molar-refractivity contribution >= 4 is 22.4 Å². The van der Waals surface area contributed by atoms with Crippen LogP contribution >= 0.6 is 12.4 Å². The number of hydrogen-bond donors (Lipinski definition) is 1. The van der Waals surface area contributed by atoms with Crippen molar-refractivity contribution in [2.24, 2.45) is 5.73 Å². The van der Waals surface area contributed by atoms with Crippen molar-refractivity contribution in [1.29, 1.82) is 0 Å². The Kier molecular flexibility index (Phi) is 4.78. The summed E-state index contributed by atoms with van der Waals surface area (Å²) < 4.78 is 26.1. The predicted molar refractivity (Wildman–Crippen MR) is 74.5 cm³/mol. The molecule has 6 heteroatoms. The minimum Gasteiger partial charge on any atom is -0.326 e. The molecule has 0 spiro atoms. The van der Waals surface area contributed by atoms with Crippen LogP contribution in [0.3, 0.4) is 0 Å². The Balaban J connectivity index is 0.00000162. The zero-order chi connectivity index (χ0) is 12.6. The van der Waals surface area contributed by atoms with Crippen LogP contribution < -0.4 is 5.73 Å². The van der Waals surface area contributed by atoms with Crippen LogP contribution in [-0.2, 0) is 10.0 Å². The van der Waals surface area contributed by atoms with Crippen LogP contribution in [0.4, 0.5) is 0 Å². The molecule has 2 rings (SSSR count). The molecule has 0 unspecified atom stereocenters. The lowest BCUT2D eigenvalue weighted by Crippen LogP contribution is -2.32. The van der Waals surface area contributed by atoms with E-state index in [1.54, 1.807) is 12.1 Å². The van der Waals surface area contributed by atoms with E-state index in [-0.39, 0.29) is 18.4 Å². The van der Waals surface area contributed by atoms with Gasteiger partial charge in [0, 0.05) is 19.1 Å². The van der Waals surface area contributed by atoms with Crippen molar-refractivity contribution in [1.82, 2.24) is 4.31 Å². The summed E-state index contributed by atoms with van der Waals surface area (Å²) in [6.45, 7) is 4.84. The maximum Gasteiger partial charge on any atom is 0.243 e. The summed E-state index contributed by atoms with van der Waals surface area (Å²) in [4.78, 5) is 0.370. The molecular weight excluding hydrogens is 272 g/mol. The molecule has 1 aromatic carbocycles. The summed E-state index contributed by atoms with van der Waals surface area (Å²) in [6.07, 6.45) is 0.740. The maximum atomic E-state index is 12.3. The zero-order valence-electron chi connectivity index (χ0n) is 10.6. The lowest BCUT2D eigenvalue weighted by atomic mass is 10.1. The van der Waals surface area contributed by atoms with Crippen LogP contribution in [0.2, 0.25) is 0 Å². The van der Waals surface area contributed by atoms with E-state index in [1.165, 1.54) is 4.31 Å². The number of aryl methyl sites for hydroxylation is 2. The SMILES string of the molecule is Cc1ccc(S(=O)(=O)N2CC[C@H](N)C2)cc1C.Cl. The maximum absolute atomic E-state index is 12.3. The fourth-order valence-electron chi connectivity index (χ4n) is 2.00. The molecule has 1 fully saturated rings. The molecule has 1 heterocycles. The summed E-state index contributed by atoms with van der Waals surface area (Å²) in [5.74, 6) is 0. The number of nitrogens with zero attached hydrogens (tertiary/aromatic N) is 1. The average Bonchev–Trinajstić information content (AvgIpc) is 2.69. The van der Waals surface area contributed by atoms with Gasteiger partial charge >= 0.3 is 0 Å². The molecule has 0 aliphatic carbocycles. The molecule has 1 aliphatic rings. The van der Waals surface area contributed by atoms with Gasteiger partial charge < -0.3 is 5.73 Å². The molecule has 1 saturated heterocycles. The van der Waals surface area contributed by atoms with Gasteiger partial charge in [0.2, 0.25) is 10.0 Å². The number of benzene rings is 1. The van der Waals surface area contributed by atoms with Gasteiger partial charge in [-0.2, -0.15) is 4.31 Å². The van der Waals surface area contributed by atoms with Gasteiger partial charge in [0.15, 0.2) is 0 Å². The molecule has 18 heavy (non-hydrogen) atoms. The van der Waals surface area contributed by atoms with Crippen molar-refractivity contribution in [2.45, 2.75) is 31.2 Å². The van der Waals surface area contributed by atoms with Gasteiger partial charge in [0.05, 0.1) is 4.90 Å². The van der Waals surface area contributed by atoms with Crippen LogP contribution in [0.5, 0.6) is 0 Å². The molecule has 4 nitrogen and oxygen atoms in total. The average molecular weight is 291 g/mol. The van der Waals surface area contributed by atoms with Gasteiger partial charge in [-0.1, -0.05) is 6.07 Å². The van der Waals surface area contributed by atoms with Gasteiger partial charge in [-0.3, -0.25) is 0 Å². The normalized spacial score (nSPS) is 20.7. The van der Waals surface area contributed by atoms with Crippen LogP contribution in [0.1, 0.15) is 17.5 Å². The smallest absolute Gasteiger partial charge is 0.243 e. The molecule has 1 aromatic rings. The van der Waals surface area contributed by atoms with E-state index < -0.39 is 10.0 Å². The van der Waals surface area contributed by atoms with Crippen molar-refractivity contribution in [3.63, 3.8) is 0 Å². The third-order valence-corrected chi connectivity index (χ3v) is 5.16. The molecule has 102 valence electrons. The topological polar surface area (TPSA) is 63.4 Å². The molecule has 0 radical (unpaired) electrons. The standard InChI is InChI=1S/C12H18N2O2S.ClH/c1-9-3-4-12(7-10(9)2)17(15,16)14-6-5-11(13)8-14;/h3-4,7,11H,5-6,8,13H2,1-2H3;1H/t11-;/m0./s1. The van der Waals surface area contributed by atoms with Gasteiger partial charge in [-0.05, 0) is 43.5 Å². The number of nitrogens with two attached hydrogens (primary N) is 1. The minimum atomic E-state index is -3.36. The van der Waals surface area contributed by atoms with E-state index in [4.69, 9.17) is 5.73 Å². The first-order valence-corrected chi connectivity index (χ1v) is 7.18. The monoisotopic (exact) mass is 290 g/mol. The Morgan fingerprint density at radius 2 is 1.94 bits per heavy atom. The molecule has 0 aromatic heterocycles. The summed E-state index contributed by atoms with van der Waals surface area (Å²) in [5, 5.41) is 0. The summed E-state index contributed by atoms with van der Waals surface area (Å²) in [7, 11) is -3.36. The van der Waals surface area contributed by atoms with Crippen LogP contribution in [0, 0.1) is 13.8 Å². The second-order valence-corrected chi connectivity index (χ2v) is 6.60. The van der Waals surface area contributed by atoms with E-state index >= 15 is 0 Å². The van der Waals surface area contributed by atoms with Gasteiger partial charge in [0.25, 0.3) is 0 Å². The molecule has 1 atom stereocenters. The highest BCUT2D eigenvalue weighted by Gasteiger charge is 2.30. The second-order valence-electron chi connectivity index (χ2n) is 4.66. The summed E-state index contributed by atoms with van der Waals surface area (Å²) in [5.41, 5.74) is 7.84. The molecule has 1 aliphatic heterocycles. The van der Waals surface area contributed by atoms with Crippen LogP contribution in [0.15, 0.2) is 23.1 Å². The van der Waals surface area contributed by atoms with E-state index in [2.05, 4.69) is 0 Å². The highest BCUT2D eigenvalue weighted by molar-refractivity contribution is 7.89.